The number of rotatable bonds is 9. The van der Waals surface area contributed by atoms with Crippen molar-refractivity contribution in [3.8, 4) is 0 Å². The van der Waals surface area contributed by atoms with E-state index in [1.807, 2.05) is 38.4 Å². The van der Waals surface area contributed by atoms with Gasteiger partial charge in [0, 0.05) is 30.5 Å². The van der Waals surface area contributed by atoms with E-state index in [9.17, 15) is 4.79 Å². The number of carbonyl (C=O) groups excluding carboxylic acids is 1. The maximum absolute atomic E-state index is 12.0. The lowest BCUT2D eigenvalue weighted by Gasteiger charge is -2.10. The second-order valence-electron chi connectivity index (χ2n) is 6.01. The first-order valence-corrected chi connectivity index (χ1v) is 8.65. The summed E-state index contributed by atoms with van der Waals surface area (Å²) in [4.78, 5) is 22.5. The van der Waals surface area contributed by atoms with Gasteiger partial charge in [-0.3, -0.25) is 4.79 Å². The minimum absolute atomic E-state index is 0.149. The van der Waals surface area contributed by atoms with Crippen molar-refractivity contribution in [2.75, 3.05) is 39.0 Å². The van der Waals surface area contributed by atoms with Gasteiger partial charge in [0.2, 0.25) is 5.95 Å². The Morgan fingerprint density at radius 1 is 1.20 bits per heavy atom. The summed E-state index contributed by atoms with van der Waals surface area (Å²) in [5.74, 6) is 0.357. The predicted molar refractivity (Wildman–Crippen MR) is 101 cm³/mol. The van der Waals surface area contributed by atoms with Crippen LogP contribution in [0.1, 0.15) is 22.3 Å². The molecule has 0 saturated heterocycles. The van der Waals surface area contributed by atoms with E-state index in [1.54, 1.807) is 0 Å². The van der Waals surface area contributed by atoms with Crippen molar-refractivity contribution in [3.05, 3.63) is 52.8 Å². The number of nitrogens with zero attached hydrogens (tertiary/aromatic N) is 3. The Bertz CT molecular complexity index is 675. The van der Waals surface area contributed by atoms with Crippen LogP contribution in [0.3, 0.4) is 0 Å². The van der Waals surface area contributed by atoms with Gasteiger partial charge in [0.05, 0.1) is 5.56 Å². The van der Waals surface area contributed by atoms with Crippen molar-refractivity contribution in [2.45, 2.75) is 12.8 Å². The average molecular weight is 362 g/mol. The maximum atomic E-state index is 12.0. The van der Waals surface area contributed by atoms with E-state index in [1.165, 1.54) is 12.4 Å². The van der Waals surface area contributed by atoms with E-state index in [0.29, 0.717) is 24.6 Å². The third-order valence-electron chi connectivity index (χ3n) is 3.57. The number of amides is 1. The standard InChI is InChI=1S/C18H24ClN5O/c1-24(2)10-4-8-20-17(25)15-12-22-18(23-13-15)21-9-7-14-5-3-6-16(19)11-14/h3,5-6,11-13H,4,7-10H2,1-2H3,(H,20,25)(H,21,22,23). The van der Waals surface area contributed by atoms with Crippen molar-refractivity contribution >= 4 is 23.5 Å². The lowest BCUT2D eigenvalue weighted by molar-refractivity contribution is 0.0951. The molecule has 2 N–H and O–H groups in total. The largest absolute Gasteiger partial charge is 0.354 e. The summed E-state index contributed by atoms with van der Waals surface area (Å²) in [5.41, 5.74) is 1.61. The Labute approximate surface area is 153 Å². The first kappa shape index (κ1) is 19.1. The molecule has 25 heavy (non-hydrogen) atoms. The number of aromatic nitrogens is 2. The first-order valence-electron chi connectivity index (χ1n) is 8.28. The molecule has 0 aliphatic heterocycles. The first-order chi connectivity index (χ1) is 12.0. The molecule has 2 rings (SSSR count). The SMILES string of the molecule is CN(C)CCCNC(=O)c1cnc(NCCc2cccc(Cl)c2)nc1. The monoisotopic (exact) mass is 361 g/mol. The zero-order chi connectivity index (χ0) is 18.1. The Morgan fingerprint density at radius 2 is 1.96 bits per heavy atom. The highest BCUT2D eigenvalue weighted by molar-refractivity contribution is 6.30. The van der Waals surface area contributed by atoms with Crippen molar-refractivity contribution in [1.82, 2.24) is 20.2 Å². The zero-order valence-electron chi connectivity index (χ0n) is 14.6. The molecule has 1 aromatic carbocycles. The van der Waals surface area contributed by atoms with Crippen LogP contribution in [-0.4, -0.2) is 54.5 Å². The van der Waals surface area contributed by atoms with Crippen LogP contribution in [0.5, 0.6) is 0 Å². The van der Waals surface area contributed by atoms with Crippen LogP contribution in [0.25, 0.3) is 0 Å². The Balaban J connectivity index is 1.74. The Hall–Kier alpha value is -2.18. The molecule has 0 aliphatic rings. The van der Waals surface area contributed by atoms with Gasteiger partial charge in [-0.2, -0.15) is 0 Å². The Morgan fingerprint density at radius 3 is 2.64 bits per heavy atom. The second-order valence-corrected chi connectivity index (χ2v) is 6.45. The van der Waals surface area contributed by atoms with Crippen LogP contribution in [0.15, 0.2) is 36.7 Å². The molecule has 0 fully saturated rings. The van der Waals surface area contributed by atoms with Gasteiger partial charge in [0.15, 0.2) is 0 Å². The van der Waals surface area contributed by atoms with Gasteiger partial charge in [0.25, 0.3) is 5.91 Å². The third-order valence-corrected chi connectivity index (χ3v) is 3.80. The van der Waals surface area contributed by atoms with Gasteiger partial charge in [0.1, 0.15) is 0 Å². The number of hydrogen-bond donors (Lipinski definition) is 2. The molecular weight excluding hydrogens is 338 g/mol. The maximum Gasteiger partial charge on any atom is 0.254 e. The molecule has 0 radical (unpaired) electrons. The summed E-state index contributed by atoms with van der Waals surface area (Å²) in [7, 11) is 4.02. The molecule has 1 aromatic heterocycles. The molecular formula is C18H24ClN5O. The van der Waals surface area contributed by atoms with E-state index < -0.39 is 0 Å². The predicted octanol–water partition coefficient (Wildman–Crippen LogP) is 2.47. The fourth-order valence-electron chi connectivity index (χ4n) is 2.25. The molecule has 0 saturated carbocycles. The highest BCUT2D eigenvalue weighted by Crippen LogP contribution is 2.11. The van der Waals surface area contributed by atoms with Crippen molar-refractivity contribution in [1.29, 1.82) is 0 Å². The smallest absolute Gasteiger partial charge is 0.254 e. The molecule has 1 heterocycles. The van der Waals surface area contributed by atoms with Gasteiger partial charge in [-0.15, -0.1) is 0 Å². The van der Waals surface area contributed by atoms with Crippen LogP contribution >= 0.6 is 11.6 Å². The molecule has 0 aliphatic carbocycles. The average Bonchev–Trinajstić information content (AvgIpc) is 2.59. The lowest BCUT2D eigenvalue weighted by Crippen LogP contribution is -2.27. The third kappa shape index (κ3) is 7.07. The molecule has 0 bridgehead atoms. The minimum atomic E-state index is -0.149. The van der Waals surface area contributed by atoms with Gasteiger partial charge in [-0.1, -0.05) is 23.7 Å². The lowest BCUT2D eigenvalue weighted by atomic mass is 10.1. The number of hydrogen-bond acceptors (Lipinski definition) is 5. The minimum Gasteiger partial charge on any atom is -0.354 e. The highest BCUT2D eigenvalue weighted by atomic mass is 35.5. The molecule has 0 atom stereocenters. The number of nitrogens with one attached hydrogen (secondary N) is 2. The van der Waals surface area contributed by atoms with Gasteiger partial charge in [-0.05, 0) is 51.2 Å². The van der Waals surface area contributed by atoms with E-state index >= 15 is 0 Å². The molecule has 134 valence electrons. The fourth-order valence-corrected chi connectivity index (χ4v) is 2.46. The topological polar surface area (TPSA) is 70.2 Å². The molecule has 0 unspecified atom stereocenters. The normalized spacial score (nSPS) is 10.7. The van der Waals surface area contributed by atoms with E-state index in [2.05, 4.69) is 25.5 Å². The summed E-state index contributed by atoms with van der Waals surface area (Å²) in [6, 6.07) is 7.75. The molecule has 6 nitrogen and oxygen atoms in total. The van der Waals surface area contributed by atoms with Crippen molar-refractivity contribution in [2.24, 2.45) is 0 Å². The number of halogens is 1. The van der Waals surface area contributed by atoms with Crippen LogP contribution in [0.2, 0.25) is 5.02 Å². The summed E-state index contributed by atoms with van der Waals surface area (Å²) in [6.07, 6.45) is 4.80. The summed E-state index contributed by atoms with van der Waals surface area (Å²) in [6.45, 7) is 2.26. The van der Waals surface area contributed by atoms with E-state index in [-0.39, 0.29) is 5.91 Å². The van der Waals surface area contributed by atoms with E-state index in [4.69, 9.17) is 11.6 Å². The summed E-state index contributed by atoms with van der Waals surface area (Å²) >= 11 is 5.96. The highest BCUT2D eigenvalue weighted by Gasteiger charge is 2.06. The van der Waals surface area contributed by atoms with Crippen molar-refractivity contribution in [3.63, 3.8) is 0 Å². The number of anilines is 1. The van der Waals surface area contributed by atoms with Gasteiger partial charge < -0.3 is 15.5 Å². The van der Waals surface area contributed by atoms with E-state index in [0.717, 1.165) is 30.0 Å². The molecule has 0 spiro atoms. The Kier molecular flexibility index (Phi) is 7.63. The second kappa shape index (κ2) is 9.96. The van der Waals surface area contributed by atoms with Crippen LogP contribution < -0.4 is 10.6 Å². The number of benzene rings is 1. The summed E-state index contributed by atoms with van der Waals surface area (Å²) < 4.78 is 0. The van der Waals surface area contributed by atoms with Crippen LogP contribution in [0, 0.1) is 0 Å². The molecule has 1 amide bonds. The van der Waals surface area contributed by atoms with Crippen LogP contribution in [-0.2, 0) is 6.42 Å². The zero-order valence-corrected chi connectivity index (χ0v) is 15.4. The van der Waals surface area contributed by atoms with Crippen LogP contribution in [0.4, 0.5) is 5.95 Å². The van der Waals surface area contributed by atoms with Gasteiger partial charge >= 0.3 is 0 Å². The molecule has 2 aromatic rings. The fraction of sp³-hybridized carbons (Fsp3) is 0.389. The molecule has 7 heteroatoms. The van der Waals surface area contributed by atoms with Crippen molar-refractivity contribution < 1.29 is 4.79 Å². The number of carbonyl (C=O) groups is 1. The quantitative estimate of drug-likeness (QED) is 0.671. The van der Waals surface area contributed by atoms with Gasteiger partial charge in [-0.25, -0.2) is 9.97 Å². The summed E-state index contributed by atoms with van der Waals surface area (Å²) in [5, 5.41) is 6.74.